The summed E-state index contributed by atoms with van der Waals surface area (Å²) in [6.45, 7) is 10.7. The highest BCUT2D eigenvalue weighted by atomic mass is 16.5. The molecule has 0 atom stereocenters. The third-order valence-electron chi connectivity index (χ3n) is 3.17. The van der Waals surface area contributed by atoms with E-state index in [9.17, 15) is 9.59 Å². The van der Waals surface area contributed by atoms with Crippen molar-refractivity contribution < 1.29 is 14.3 Å². The molecule has 1 fully saturated rings. The van der Waals surface area contributed by atoms with Crippen LogP contribution < -0.4 is 10.6 Å². The molecule has 0 aromatic carbocycles. The number of amides is 2. The topological polar surface area (TPSA) is 70.7 Å². The Hall–Kier alpha value is -1.14. The van der Waals surface area contributed by atoms with Crippen molar-refractivity contribution in [3.8, 4) is 0 Å². The minimum atomic E-state index is -0.462. The second kappa shape index (κ2) is 8.21. The van der Waals surface area contributed by atoms with Crippen molar-refractivity contribution in [3.63, 3.8) is 0 Å². The first-order chi connectivity index (χ1) is 9.39. The van der Waals surface area contributed by atoms with Crippen molar-refractivity contribution in [1.82, 2.24) is 15.5 Å². The third kappa shape index (κ3) is 6.86. The summed E-state index contributed by atoms with van der Waals surface area (Å²) in [5.74, 6) is -0.245. The molecule has 1 aliphatic rings. The lowest BCUT2D eigenvalue weighted by atomic mass is 9.96. The number of nitrogens with one attached hydrogen (secondary N) is 2. The van der Waals surface area contributed by atoms with Crippen LogP contribution >= 0.6 is 0 Å². The van der Waals surface area contributed by atoms with Crippen molar-refractivity contribution in [2.75, 3.05) is 45.9 Å². The highest BCUT2D eigenvalue weighted by Gasteiger charge is 2.21. The molecule has 20 heavy (non-hydrogen) atoms. The minimum Gasteiger partial charge on any atom is -0.379 e. The number of morpholine rings is 1. The quantitative estimate of drug-likeness (QED) is 0.673. The summed E-state index contributed by atoms with van der Waals surface area (Å²) in [4.78, 5) is 25.5. The van der Waals surface area contributed by atoms with E-state index in [0.29, 0.717) is 6.54 Å². The Bertz CT molecular complexity index is 320. The van der Waals surface area contributed by atoms with E-state index in [1.165, 1.54) is 0 Å². The van der Waals surface area contributed by atoms with Gasteiger partial charge in [-0.25, -0.2) is 0 Å². The summed E-state index contributed by atoms with van der Waals surface area (Å²) < 4.78 is 5.27. The van der Waals surface area contributed by atoms with Gasteiger partial charge < -0.3 is 15.4 Å². The van der Waals surface area contributed by atoms with Crippen molar-refractivity contribution >= 4 is 11.8 Å². The van der Waals surface area contributed by atoms with Crippen LogP contribution in [0.4, 0.5) is 0 Å². The summed E-state index contributed by atoms with van der Waals surface area (Å²) >= 11 is 0. The Morgan fingerprint density at radius 3 is 2.40 bits per heavy atom. The Kier molecular flexibility index (Phi) is 6.95. The van der Waals surface area contributed by atoms with Gasteiger partial charge in [0.25, 0.3) is 0 Å². The Labute approximate surface area is 121 Å². The minimum absolute atomic E-state index is 0.0493. The zero-order chi connectivity index (χ0) is 15.0. The van der Waals surface area contributed by atoms with Crippen LogP contribution in [-0.4, -0.2) is 62.7 Å². The fourth-order valence-corrected chi connectivity index (χ4v) is 1.84. The van der Waals surface area contributed by atoms with Crippen LogP contribution in [0.5, 0.6) is 0 Å². The first kappa shape index (κ1) is 16.9. The fourth-order valence-electron chi connectivity index (χ4n) is 1.84. The molecule has 0 bridgehead atoms. The van der Waals surface area contributed by atoms with Gasteiger partial charge in [0.1, 0.15) is 0 Å². The molecule has 0 aromatic rings. The van der Waals surface area contributed by atoms with Crippen LogP contribution in [0.1, 0.15) is 27.2 Å². The highest BCUT2D eigenvalue weighted by Crippen LogP contribution is 2.11. The van der Waals surface area contributed by atoms with Gasteiger partial charge >= 0.3 is 0 Å². The van der Waals surface area contributed by atoms with E-state index < -0.39 is 5.41 Å². The maximum atomic E-state index is 11.6. The molecule has 2 N–H and O–H groups in total. The van der Waals surface area contributed by atoms with E-state index in [-0.39, 0.29) is 18.4 Å². The maximum Gasteiger partial charge on any atom is 0.239 e. The maximum absolute atomic E-state index is 11.6. The fraction of sp³-hybridized carbons (Fsp3) is 0.857. The van der Waals surface area contributed by atoms with Crippen LogP contribution in [0.25, 0.3) is 0 Å². The first-order valence-electron chi connectivity index (χ1n) is 7.24. The van der Waals surface area contributed by atoms with Crippen LogP contribution in [0.15, 0.2) is 0 Å². The molecule has 0 aromatic heterocycles. The summed E-state index contributed by atoms with van der Waals surface area (Å²) in [6.07, 6.45) is 0.916. The van der Waals surface area contributed by atoms with E-state index in [0.717, 1.165) is 39.3 Å². The molecule has 1 rings (SSSR count). The van der Waals surface area contributed by atoms with E-state index in [4.69, 9.17) is 4.74 Å². The van der Waals surface area contributed by atoms with Gasteiger partial charge in [0, 0.05) is 25.0 Å². The molecular weight excluding hydrogens is 258 g/mol. The van der Waals surface area contributed by atoms with Gasteiger partial charge in [0.15, 0.2) is 0 Å². The van der Waals surface area contributed by atoms with Crippen LogP contribution in [0, 0.1) is 5.41 Å². The lowest BCUT2D eigenvalue weighted by Gasteiger charge is -2.26. The van der Waals surface area contributed by atoms with E-state index in [1.54, 1.807) is 0 Å². The normalized spacial score (nSPS) is 16.8. The Balaban J connectivity index is 2.04. The van der Waals surface area contributed by atoms with Gasteiger partial charge in [-0.2, -0.15) is 0 Å². The van der Waals surface area contributed by atoms with Crippen molar-refractivity contribution in [1.29, 1.82) is 0 Å². The number of carbonyl (C=O) groups excluding carboxylic acids is 2. The van der Waals surface area contributed by atoms with E-state index in [2.05, 4.69) is 15.5 Å². The first-order valence-corrected chi connectivity index (χ1v) is 7.24. The number of ether oxygens (including phenoxy) is 1. The van der Waals surface area contributed by atoms with Crippen LogP contribution in [-0.2, 0) is 14.3 Å². The van der Waals surface area contributed by atoms with Crippen molar-refractivity contribution in [2.24, 2.45) is 5.41 Å². The van der Waals surface area contributed by atoms with Gasteiger partial charge in [0.2, 0.25) is 11.8 Å². The number of carbonyl (C=O) groups is 2. The molecule has 116 valence electrons. The molecule has 2 amide bonds. The highest BCUT2D eigenvalue weighted by molar-refractivity contribution is 5.87. The second-order valence-electron chi connectivity index (χ2n) is 6.09. The number of nitrogens with zero attached hydrogens (tertiary/aromatic N) is 1. The predicted molar refractivity (Wildman–Crippen MR) is 77.4 cm³/mol. The van der Waals surface area contributed by atoms with Crippen molar-refractivity contribution in [3.05, 3.63) is 0 Å². The van der Waals surface area contributed by atoms with Gasteiger partial charge in [-0.15, -0.1) is 0 Å². The zero-order valence-electron chi connectivity index (χ0n) is 12.8. The molecule has 0 spiro atoms. The number of hydrogen-bond donors (Lipinski definition) is 2. The summed E-state index contributed by atoms with van der Waals surface area (Å²) in [5, 5.41) is 5.45. The van der Waals surface area contributed by atoms with Gasteiger partial charge in [-0.3, -0.25) is 14.5 Å². The molecule has 1 heterocycles. The molecule has 0 radical (unpaired) electrons. The molecule has 6 heteroatoms. The standard InChI is InChI=1S/C14H27N3O3/c1-14(2,3)13(19)16-11-12(18)15-5-4-6-17-7-9-20-10-8-17/h4-11H2,1-3H3,(H,15,18)(H,16,19). The van der Waals surface area contributed by atoms with Gasteiger partial charge in [-0.1, -0.05) is 20.8 Å². The summed E-state index contributed by atoms with van der Waals surface area (Å²) in [6, 6.07) is 0. The molecule has 0 saturated carbocycles. The SMILES string of the molecule is CC(C)(C)C(=O)NCC(=O)NCCCN1CCOCC1. The molecule has 6 nitrogen and oxygen atoms in total. The average molecular weight is 285 g/mol. The van der Waals surface area contributed by atoms with E-state index in [1.807, 2.05) is 20.8 Å². The van der Waals surface area contributed by atoms with Gasteiger partial charge in [-0.05, 0) is 13.0 Å². The smallest absolute Gasteiger partial charge is 0.239 e. The summed E-state index contributed by atoms with van der Waals surface area (Å²) in [5.41, 5.74) is -0.462. The lowest BCUT2D eigenvalue weighted by molar-refractivity contribution is -0.131. The van der Waals surface area contributed by atoms with E-state index >= 15 is 0 Å². The van der Waals surface area contributed by atoms with Crippen LogP contribution in [0.3, 0.4) is 0 Å². The number of hydrogen-bond acceptors (Lipinski definition) is 4. The second-order valence-corrected chi connectivity index (χ2v) is 6.09. The predicted octanol–water partition coefficient (Wildman–Crippen LogP) is -0.0128. The molecule has 0 aliphatic carbocycles. The van der Waals surface area contributed by atoms with Crippen molar-refractivity contribution in [2.45, 2.75) is 27.2 Å². The Morgan fingerprint density at radius 1 is 1.15 bits per heavy atom. The molecule has 0 unspecified atom stereocenters. The monoisotopic (exact) mass is 285 g/mol. The number of rotatable bonds is 6. The molecule has 1 saturated heterocycles. The Morgan fingerprint density at radius 2 is 1.80 bits per heavy atom. The molecular formula is C14H27N3O3. The van der Waals surface area contributed by atoms with Gasteiger partial charge in [0.05, 0.1) is 19.8 Å². The zero-order valence-corrected chi connectivity index (χ0v) is 12.8. The molecule has 1 aliphatic heterocycles. The third-order valence-corrected chi connectivity index (χ3v) is 3.17. The average Bonchev–Trinajstić information content (AvgIpc) is 2.41. The lowest BCUT2D eigenvalue weighted by Crippen LogP contribution is -2.42. The largest absolute Gasteiger partial charge is 0.379 e. The van der Waals surface area contributed by atoms with Crippen LogP contribution in [0.2, 0.25) is 0 Å². The summed E-state index contributed by atoms with van der Waals surface area (Å²) in [7, 11) is 0.